The highest BCUT2D eigenvalue weighted by molar-refractivity contribution is 5.40. The Morgan fingerprint density at radius 1 is 0.500 bits per heavy atom. The van der Waals surface area contributed by atoms with Gasteiger partial charge >= 0.3 is 0 Å². The van der Waals surface area contributed by atoms with Crippen LogP contribution in [0.25, 0.3) is 0 Å². The molecule has 0 spiro atoms. The van der Waals surface area contributed by atoms with Crippen molar-refractivity contribution < 1.29 is 9.47 Å². The van der Waals surface area contributed by atoms with Gasteiger partial charge in [0.05, 0.1) is 0 Å². The second-order valence-electron chi connectivity index (χ2n) is 7.13. The van der Waals surface area contributed by atoms with Gasteiger partial charge in [-0.1, -0.05) is 58.0 Å². The van der Waals surface area contributed by atoms with Crippen molar-refractivity contribution in [2.75, 3.05) is 0 Å². The molecule has 2 nitrogen and oxygen atoms in total. The standard InChI is InChI=1S/C24H26O2/c1-17(2)19-8-12-21(13-9-19)25-23-6-5-7-24(16-23)26-22-14-10-20(11-15-22)18(3)4/h5-18H,1-4H3. The van der Waals surface area contributed by atoms with Crippen LogP contribution in [0.1, 0.15) is 50.7 Å². The van der Waals surface area contributed by atoms with Crippen LogP contribution in [-0.2, 0) is 0 Å². The SMILES string of the molecule is CC(C)c1ccc(Oc2cccc(Oc3ccc(C(C)C)cc3)c2)cc1. The molecule has 3 rings (SSSR count). The smallest absolute Gasteiger partial charge is 0.131 e. The van der Waals surface area contributed by atoms with E-state index in [4.69, 9.17) is 9.47 Å². The monoisotopic (exact) mass is 346 g/mol. The molecular formula is C24H26O2. The lowest BCUT2D eigenvalue weighted by molar-refractivity contribution is 0.460. The molecule has 3 aromatic carbocycles. The maximum atomic E-state index is 5.96. The van der Waals surface area contributed by atoms with E-state index < -0.39 is 0 Å². The van der Waals surface area contributed by atoms with Gasteiger partial charge in [0.25, 0.3) is 0 Å². The highest BCUT2D eigenvalue weighted by atomic mass is 16.5. The molecule has 0 radical (unpaired) electrons. The lowest BCUT2D eigenvalue weighted by atomic mass is 10.0. The summed E-state index contributed by atoms with van der Waals surface area (Å²) in [5, 5.41) is 0. The van der Waals surface area contributed by atoms with Crippen molar-refractivity contribution in [3.8, 4) is 23.0 Å². The van der Waals surface area contributed by atoms with Crippen LogP contribution in [0.15, 0.2) is 72.8 Å². The molecule has 0 aromatic heterocycles. The van der Waals surface area contributed by atoms with Gasteiger partial charge in [0.1, 0.15) is 23.0 Å². The van der Waals surface area contributed by atoms with Crippen molar-refractivity contribution in [2.24, 2.45) is 0 Å². The van der Waals surface area contributed by atoms with Crippen LogP contribution in [0.3, 0.4) is 0 Å². The zero-order valence-corrected chi connectivity index (χ0v) is 15.9. The Labute approximate surface area is 156 Å². The first-order valence-corrected chi connectivity index (χ1v) is 9.17. The summed E-state index contributed by atoms with van der Waals surface area (Å²) in [6.07, 6.45) is 0. The van der Waals surface area contributed by atoms with Gasteiger partial charge in [-0.3, -0.25) is 0 Å². The Hall–Kier alpha value is -2.74. The summed E-state index contributed by atoms with van der Waals surface area (Å²) in [6, 6.07) is 24.2. The largest absolute Gasteiger partial charge is 0.457 e. The second kappa shape index (κ2) is 8.09. The molecule has 0 saturated carbocycles. The molecule has 0 N–H and O–H groups in total. The van der Waals surface area contributed by atoms with Crippen LogP contribution in [0, 0.1) is 0 Å². The van der Waals surface area contributed by atoms with Crippen LogP contribution < -0.4 is 9.47 Å². The number of hydrogen-bond acceptors (Lipinski definition) is 2. The molecule has 0 aliphatic carbocycles. The molecule has 0 aliphatic heterocycles. The number of benzene rings is 3. The fraction of sp³-hybridized carbons (Fsp3) is 0.250. The van der Waals surface area contributed by atoms with Gasteiger partial charge in [0.2, 0.25) is 0 Å². The fourth-order valence-corrected chi connectivity index (χ4v) is 2.71. The van der Waals surface area contributed by atoms with E-state index in [1.807, 2.05) is 48.5 Å². The van der Waals surface area contributed by atoms with E-state index in [2.05, 4.69) is 52.0 Å². The van der Waals surface area contributed by atoms with Gasteiger partial charge < -0.3 is 9.47 Å². The normalized spacial score (nSPS) is 11.0. The average Bonchev–Trinajstić information content (AvgIpc) is 2.63. The van der Waals surface area contributed by atoms with E-state index in [9.17, 15) is 0 Å². The summed E-state index contributed by atoms with van der Waals surface area (Å²) < 4.78 is 11.9. The molecule has 0 bridgehead atoms. The first-order chi connectivity index (χ1) is 12.5. The maximum Gasteiger partial charge on any atom is 0.131 e. The highest BCUT2D eigenvalue weighted by Gasteiger charge is 2.04. The van der Waals surface area contributed by atoms with E-state index >= 15 is 0 Å². The van der Waals surface area contributed by atoms with Gasteiger partial charge in [-0.15, -0.1) is 0 Å². The van der Waals surface area contributed by atoms with Crippen molar-refractivity contribution >= 4 is 0 Å². The Morgan fingerprint density at radius 2 is 0.885 bits per heavy atom. The van der Waals surface area contributed by atoms with Gasteiger partial charge in [-0.25, -0.2) is 0 Å². The van der Waals surface area contributed by atoms with E-state index in [1.165, 1.54) is 11.1 Å². The van der Waals surface area contributed by atoms with Crippen LogP contribution in [0.4, 0.5) is 0 Å². The second-order valence-corrected chi connectivity index (χ2v) is 7.13. The quantitative estimate of drug-likeness (QED) is 0.459. The summed E-state index contributed by atoms with van der Waals surface area (Å²) in [7, 11) is 0. The third-order valence-corrected chi connectivity index (χ3v) is 4.37. The molecule has 2 heteroatoms. The highest BCUT2D eigenvalue weighted by Crippen LogP contribution is 2.29. The molecule has 0 unspecified atom stereocenters. The first kappa shape index (κ1) is 18.1. The lowest BCUT2D eigenvalue weighted by Gasteiger charge is -2.11. The zero-order valence-electron chi connectivity index (χ0n) is 15.9. The molecule has 0 atom stereocenters. The van der Waals surface area contributed by atoms with E-state index in [0.717, 1.165) is 23.0 Å². The fourth-order valence-electron chi connectivity index (χ4n) is 2.71. The lowest BCUT2D eigenvalue weighted by Crippen LogP contribution is -1.90. The van der Waals surface area contributed by atoms with Gasteiger partial charge in [-0.05, 0) is 59.4 Å². The molecule has 0 amide bonds. The number of hydrogen-bond donors (Lipinski definition) is 0. The number of ether oxygens (including phenoxy) is 2. The minimum Gasteiger partial charge on any atom is -0.457 e. The number of rotatable bonds is 6. The molecule has 0 heterocycles. The van der Waals surface area contributed by atoms with Gasteiger partial charge in [0.15, 0.2) is 0 Å². The molecule has 134 valence electrons. The molecule has 3 aromatic rings. The van der Waals surface area contributed by atoms with Crippen molar-refractivity contribution in [3.05, 3.63) is 83.9 Å². The van der Waals surface area contributed by atoms with Crippen LogP contribution in [0.2, 0.25) is 0 Å². The topological polar surface area (TPSA) is 18.5 Å². The van der Waals surface area contributed by atoms with Gasteiger partial charge in [0, 0.05) is 6.07 Å². The Kier molecular flexibility index (Phi) is 5.62. The van der Waals surface area contributed by atoms with Crippen molar-refractivity contribution in [3.63, 3.8) is 0 Å². The molecule has 0 fully saturated rings. The average molecular weight is 346 g/mol. The Morgan fingerprint density at radius 3 is 1.23 bits per heavy atom. The van der Waals surface area contributed by atoms with Gasteiger partial charge in [-0.2, -0.15) is 0 Å². The zero-order chi connectivity index (χ0) is 18.5. The summed E-state index contributed by atoms with van der Waals surface area (Å²) in [4.78, 5) is 0. The summed E-state index contributed by atoms with van der Waals surface area (Å²) >= 11 is 0. The van der Waals surface area contributed by atoms with Crippen molar-refractivity contribution in [1.82, 2.24) is 0 Å². The Balaban J connectivity index is 1.69. The molecule has 26 heavy (non-hydrogen) atoms. The summed E-state index contributed by atoms with van der Waals surface area (Å²) in [6.45, 7) is 8.74. The van der Waals surface area contributed by atoms with Crippen LogP contribution >= 0.6 is 0 Å². The minimum atomic E-state index is 0.517. The Bertz CT molecular complexity index is 762. The third kappa shape index (κ3) is 4.66. The van der Waals surface area contributed by atoms with Crippen LogP contribution in [0.5, 0.6) is 23.0 Å². The minimum absolute atomic E-state index is 0.517. The summed E-state index contributed by atoms with van der Waals surface area (Å²) in [5.74, 6) is 4.21. The maximum absolute atomic E-state index is 5.96. The molecule has 0 aliphatic rings. The van der Waals surface area contributed by atoms with E-state index in [-0.39, 0.29) is 0 Å². The van der Waals surface area contributed by atoms with Crippen molar-refractivity contribution in [1.29, 1.82) is 0 Å². The predicted octanol–water partition coefficient (Wildman–Crippen LogP) is 7.52. The summed E-state index contributed by atoms with van der Waals surface area (Å²) in [5.41, 5.74) is 2.61. The van der Waals surface area contributed by atoms with E-state index in [0.29, 0.717) is 11.8 Å². The predicted molar refractivity (Wildman–Crippen MR) is 108 cm³/mol. The van der Waals surface area contributed by atoms with Crippen LogP contribution in [-0.4, -0.2) is 0 Å². The van der Waals surface area contributed by atoms with Crippen molar-refractivity contribution in [2.45, 2.75) is 39.5 Å². The molecule has 0 saturated heterocycles. The third-order valence-electron chi connectivity index (χ3n) is 4.37. The molecular weight excluding hydrogens is 320 g/mol. The van der Waals surface area contributed by atoms with E-state index in [1.54, 1.807) is 0 Å². The first-order valence-electron chi connectivity index (χ1n) is 9.17.